The van der Waals surface area contributed by atoms with Gasteiger partial charge >= 0.3 is 0 Å². The number of carbonyl (C=O) groups is 1. The van der Waals surface area contributed by atoms with Crippen molar-refractivity contribution in [2.45, 2.75) is 5.16 Å². The van der Waals surface area contributed by atoms with Gasteiger partial charge in [0.25, 0.3) is 5.69 Å². The van der Waals surface area contributed by atoms with Crippen molar-refractivity contribution < 1.29 is 9.72 Å². The highest BCUT2D eigenvalue weighted by atomic mass is 32.2. The summed E-state index contributed by atoms with van der Waals surface area (Å²) in [5.74, 6) is 0.483. The number of carbonyl (C=O) groups excluding carboxylic acids is 1. The molecule has 0 saturated carbocycles. The zero-order valence-electron chi connectivity index (χ0n) is 16.1. The van der Waals surface area contributed by atoms with Gasteiger partial charge in [-0.3, -0.25) is 24.5 Å². The zero-order chi connectivity index (χ0) is 21.6. The van der Waals surface area contributed by atoms with Crippen LogP contribution in [0.4, 0.5) is 11.4 Å². The van der Waals surface area contributed by atoms with Crippen molar-refractivity contribution in [2.24, 2.45) is 0 Å². The highest BCUT2D eigenvalue weighted by molar-refractivity contribution is 7.99. The number of hydrogen-bond acceptors (Lipinski definition) is 7. The molecule has 4 aromatic rings. The first kappa shape index (κ1) is 20.2. The van der Waals surface area contributed by atoms with Gasteiger partial charge in [0.1, 0.15) is 0 Å². The van der Waals surface area contributed by atoms with Crippen molar-refractivity contribution >= 4 is 29.0 Å². The summed E-state index contributed by atoms with van der Waals surface area (Å²) in [6.07, 6.45) is 3.37. The Kier molecular flexibility index (Phi) is 5.99. The third kappa shape index (κ3) is 4.75. The largest absolute Gasteiger partial charge is 0.325 e. The number of hydrogen-bond donors (Lipinski definition) is 1. The van der Waals surface area contributed by atoms with E-state index in [9.17, 15) is 14.9 Å². The number of non-ortho nitro benzene ring substituents is 1. The molecular formula is C21H16N6O3S. The second-order valence-electron chi connectivity index (χ2n) is 6.35. The maximum absolute atomic E-state index is 12.4. The van der Waals surface area contributed by atoms with Crippen LogP contribution in [0.15, 0.2) is 84.3 Å². The molecule has 0 unspecified atom stereocenters. The van der Waals surface area contributed by atoms with E-state index in [1.165, 1.54) is 36.0 Å². The third-order valence-corrected chi connectivity index (χ3v) is 5.21. The summed E-state index contributed by atoms with van der Waals surface area (Å²) in [6.45, 7) is 0. The van der Waals surface area contributed by atoms with Crippen LogP contribution in [0.25, 0.3) is 17.1 Å². The van der Waals surface area contributed by atoms with Gasteiger partial charge in [0.15, 0.2) is 11.0 Å². The van der Waals surface area contributed by atoms with Gasteiger partial charge in [0.05, 0.1) is 10.7 Å². The molecule has 2 aromatic carbocycles. The van der Waals surface area contributed by atoms with Gasteiger partial charge < -0.3 is 5.32 Å². The fourth-order valence-corrected chi connectivity index (χ4v) is 3.61. The fraction of sp³-hybridized carbons (Fsp3) is 0.0476. The summed E-state index contributed by atoms with van der Waals surface area (Å²) in [5.41, 5.74) is 2.18. The van der Waals surface area contributed by atoms with E-state index >= 15 is 0 Å². The van der Waals surface area contributed by atoms with Crippen LogP contribution in [0.3, 0.4) is 0 Å². The number of amides is 1. The average molecular weight is 432 g/mol. The molecular weight excluding hydrogens is 416 g/mol. The standard InChI is InChI=1S/C21H16N6O3S/c28-19(23-16-6-8-18(9-7-16)27(29)30)14-31-21-25-24-20(15-10-12-22-13-11-15)26(21)17-4-2-1-3-5-17/h1-13H,14H2,(H,23,28). The van der Waals surface area contributed by atoms with E-state index in [-0.39, 0.29) is 17.3 Å². The molecule has 0 aliphatic heterocycles. The molecule has 31 heavy (non-hydrogen) atoms. The van der Waals surface area contributed by atoms with Gasteiger partial charge in [-0.15, -0.1) is 10.2 Å². The molecule has 0 aliphatic rings. The summed E-state index contributed by atoms with van der Waals surface area (Å²) in [7, 11) is 0. The second kappa shape index (κ2) is 9.18. The Balaban J connectivity index is 1.52. The molecule has 2 heterocycles. The molecule has 10 heteroatoms. The van der Waals surface area contributed by atoms with Crippen LogP contribution in [0.2, 0.25) is 0 Å². The molecule has 9 nitrogen and oxygen atoms in total. The first-order valence-corrected chi connectivity index (χ1v) is 10.2. The van der Waals surface area contributed by atoms with Crippen molar-refractivity contribution in [1.29, 1.82) is 0 Å². The number of nitro groups is 1. The van der Waals surface area contributed by atoms with Crippen LogP contribution in [-0.2, 0) is 4.79 Å². The van der Waals surface area contributed by atoms with E-state index in [1.54, 1.807) is 12.4 Å². The highest BCUT2D eigenvalue weighted by Crippen LogP contribution is 2.27. The van der Waals surface area contributed by atoms with Crippen molar-refractivity contribution in [3.63, 3.8) is 0 Å². The Hall–Kier alpha value is -4.05. The number of anilines is 1. The maximum atomic E-state index is 12.4. The van der Waals surface area contributed by atoms with E-state index in [0.29, 0.717) is 16.7 Å². The number of para-hydroxylation sites is 1. The summed E-state index contributed by atoms with van der Waals surface area (Å²) >= 11 is 1.25. The Morgan fingerprint density at radius 1 is 1.00 bits per heavy atom. The van der Waals surface area contributed by atoms with Crippen LogP contribution < -0.4 is 5.32 Å². The number of pyridine rings is 1. The van der Waals surface area contributed by atoms with Gasteiger partial charge in [0, 0.05) is 41.5 Å². The molecule has 0 bridgehead atoms. The molecule has 1 N–H and O–H groups in total. The second-order valence-corrected chi connectivity index (χ2v) is 7.30. The van der Waals surface area contributed by atoms with Gasteiger partial charge in [0.2, 0.25) is 5.91 Å². The first-order valence-electron chi connectivity index (χ1n) is 9.20. The highest BCUT2D eigenvalue weighted by Gasteiger charge is 2.17. The average Bonchev–Trinajstić information content (AvgIpc) is 3.23. The lowest BCUT2D eigenvalue weighted by Gasteiger charge is -2.10. The van der Waals surface area contributed by atoms with Crippen molar-refractivity contribution in [3.8, 4) is 17.1 Å². The van der Waals surface area contributed by atoms with E-state index in [0.717, 1.165) is 11.3 Å². The van der Waals surface area contributed by atoms with Gasteiger partial charge in [-0.05, 0) is 36.4 Å². The number of thioether (sulfide) groups is 1. The van der Waals surface area contributed by atoms with E-state index in [1.807, 2.05) is 47.0 Å². The smallest absolute Gasteiger partial charge is 0.269 e. The molecule has 4 rings (SSSR count). The number of nitrogens with one attached hydrogen (secondary N) is 1. The molecule has 0 spiro atoms. The molecule has 2 aromatic heterocycles. The van der Waals surface area contributed by atoms with Gasteiger partial charge in [-0.2, -0.15) is 0 Å². The van der Waals surface area contributed by atoms with Gasteiger partial charge in [-0.25, -0.2) is 0 Å². The monoisotopic (exact) mass is 432 g/mol. The van der Waals surface area contributed by atoms with E-state index in [2.05, 4.69) is 20.5 Å². The predicted octanol–water partition coefficient (Wildman–Crippen LogP) is 3.97. The lowest BCUT2D eigenvalue weighted by molar-refractivity contribution is -0.384. The summed E-state index contributed by atoms with van der Waals surface area (Å²) in [4.78, 5) is 26.7. The molecule has 0 aliphatic carbocycles. The van der Waals surface area contributed by atoms with Crippen LogP contribution in [0.5, 0.6) is 0 Å². The minimum Gasteiger partial charge on any atom is -0.325 e. The Labute approximate surface area is 181 Å². The van der Waals surface area contributed by atoms with E-state index < -0.39 is 4.92 Å². The molecule has 1 amide bonds. The quantitative estimate of drug-likeness (QED) is 0.267. The first-order chi connectivity index (χ1) is 15.1. The lowest BCUT2D eigenvalue weighted by Crippen LogP contribution is -2.14. The Morgan fingerprint density at radius 3 is 2.39 bits per heavy atom. The third-order valence-electron chi connectivity index (χ3n) is 4.28. The molecule has 0 radical (unpaired) electrons. The minimum atomic E-state index is -0.488. The van der Waals surface area contributed by atoms with Crippen molar-refractivity contribution in [2.75, 3.05) is 11.1 Å². The Bertz CT molecular complexity index is 1200. The van der Waals surface area contributed by atoms with E-state index in [4.69, 9.17) is 0 Å². The van der Waals surface area contributed by atoms with Crippen LogP contribution in [0.1, 0.15) is 0 Å². The number of nitro benzene ring substituents is 1. The minimum absolute atomic E-state index is 0.0352. The topological polar surface area (TPSA) is 116 Å². The SMILES string of the molecule is O=C(CSc1nnc(-c2ccncc2)n1-c1ccccc1)Nc1ccc([N+](=O)[O-])cc1. The molecule has 0 saturated heterocycles. The fourth-order valence-electron chi connectivity index (χ4n) is 2.85. The summed E-state index contributed by atoms with van der Waals surface area (Å²) in [6, 6.07) is 19.0. The van der Waals surface area contributed by atoms with Crippen LogP contribution >= 0.6 is 11.8 Å². The van der Waals surface area contributed by atoms with Crippen molar-refractivity contribution in [3.05, 3.63) is 89.2 Å². The predicted molar refractivity (Wildman–Crippen MR) is 117 cm³/mol. The zero-order valence-corrected chi connectivity index (χ0v) is 16.9. The van der Waals surface area contributed by atoms with Crippen LogP contribution in [-0.4, -0.2) is 36.3 Å². The Morgan fingerprint density at radius 2 is 1.71 bits per heavy atom. The molecule has 0 atom stereocenters. The molecule has 0 fully saturated rings. The molecule has 154 valence electrons. The number of aromatic nitrogens is 4. The number of benzene rings is 2. The normalized spacial score (nSPS) is 10.6. The maximum Gasteiger partial charge on any atom is 0.269 e. The van der Waals surface area contributed by atoms with Crippen LogP contribution in [0, 0.1) is 10.1 Å². The lowest BCUT2D eigenvalue weighted by atomic mass is 10.2. The summed E-state index contributed by atoms with van der Waals surface area (Å²) in [5, 5.41) is 22.6. The summed E-state index contributed by atoms with van der Waals surface area (Å²) < 4.78 is 1.89. The number of rotatable bonds is 7. The van der Waals surface area contributed by atoms with Gasteiger partial charge in [-0.1, -0.05) is 30.0 Å². The van der Waals surface area contributed by atoms with Crippen molar-refractivity contribution in [1.82, 2.24) is 19.7 Å². The number of nitrogens with zero attached hydrogens (tertiary/aromatic N) is 5.